The lowest BCUT2D eigenvalue weighted by Gasteiger charge is -2.36. The molecule has 6 heteroatoms. The van der Waals surface area contributed by atoms with Gasteiger partial charge in [0.2, 0.25) is 5.91 Å². The van der Waals surface area contributed by atoms with Crippen molar-refractivity contribution >= 4 is 11.9 Å². The van der Waals surface area contributed by atoms with Crippen LogP contribution in [0.5, 0.6) is 0 Å². The largest absolute Gasteiger partial charge is 0.370 e. The summed E-state index contributed by atoms with van der Waals surface area (Å²) in [4.78, 5) is 21.6. The van der Waals surface area contributed by atoms with Crippen LogP contribution in [0.25, 0.3) is 0 Å². The zero-order valence-corrected chi connectivity index (χ0v) is 18.2. The standard InChI is InChI=1S/C23H36N4O2/c1-4-24-23(25-12-11-22(28)26-13-7-8-18(2)16-26)27-14-15-29-21(17-27)20-10-6-5-9-19(20)3/h5-6,9-10,18,21H,4,7-8,11-17H2,1-3H3,(H,24,25). The highest BCUT2D eigenvalue weighted by Gasteiger charge is 2.25. The third kappa shape index (κ3) is 5.95. The van der Waals surface area contributed by atoms with Crippen LogP contribution in [0.3, 0.4) is 0 Å². The monoisotopic (exact) mass is 400 g/mol. The van der Waals surface area contributed by atoms with Crippen molar-refractivity contribution in [2.75, 3.05) is 45.9 Å². The third-order valence-electron chi connectivity index (χ3n) is 5.83. The van der Waals surface area contributed by atoms with E-state index in [1.165, 1.54) is 17.5 Å². The number of likely N-dealkylation sites (tertiary alicyclic amines) is 1. The van der Waals surface area contributed by atoms with Gasteiger partial charge in [0.05, 0.1) is 19.7 Å². The predicted octanol–water partition coefficient (Wildman–Crippen LogP) is 2.98. The predicted molar refractivity (Wildman–Crippen MR) is 117 cm³/mol. The first-order valence-electron chi connectivity index (χ1n) is 11.1. The summed E-state index contributed by atoms with van der Waals surface area (Å²) in [7, 11) is 0. The topological polar surface area (TPSA) is 57.2 Å². The minimum atomic E-state index is 0.0466. The molecule has 1 amide bonds. The first-order valence-corrected chi connectivity index (χ1v) is 11.1. The number of guanidine groups is 1. The maximum atomic E-state index is 12.5. The molecule has 2 atom stereocenters. The molecule has 2 aliphatic rings. The van der Waals surface area contributed by atoms with Gasteiger partial charge in [0.25, 0.3) is 0 Å². The second-order valence-electron chi connectivity index (χ2n) is 8.23. The molecule has 160 valence electrons. The molecule has 0 aliphatic carbocycles. The molecule has 1 aromatic carbocycles. The summed E-state index contributed by atoms with van der Waals surface area (Å²) in [5.74, 6) is 1.73. The van der Waals surface area contributed by atoms with E-state index in [0.29, 0.717) is 25.5 Å². The summed E-state index contributed by atoms with van der Waals surface area (Å²) < 4.78 is 6.05. The molecule has 2 heterocycles. The van der Waals surface area contributed by atoms with E-state index in [9.17, 15) is 4.79 Å². The van der Waals surface area contributed by atoms with Crippen LogP contribution in [0, 0.1) is 12.8 Å². The Labute approximate surface area is 175 Å². The molecular formula is C23H36N4O2. The van der Waals surface area contributed by atoms with E-state index < -0.39 is 0 Å². The van der Waals surface area contributed by atoms with Crippen molar-refractivity contribution < 1.29 is 9.53 Å². The van der Waals surface area contributed by atoms with Crippen molar-refractivity contribution in [3.8, 4) is 0 Å². The Morgan fingerprint density at radius 2 is 2.07 bits per heavy atom. The van der Waals surface area contributed by atoms with E-state index in [0.717, 1.165) is 45.1 Å². The lowest BCUT2D eigenvalue weighted by molar-refractivity contribution is -0.132. The Kier molecular flexibility index (Phi) is 7.92. The maximum absolute atomic E-state index is 12.5. The second kappa shape index (κ2) is 10.6. The van der Waals surface area contributed by atoms with Crippen LogP contribution in [-0.4, -0.2) is 67.5 Å². The number of piperidine rings is 1. The summed E-state index contributed by atoms with van der Waals surface area (Å²) >= 11 is 0. The molecule has 1 aromatic rings. The van der Waals surface area contributed by atoms with Crippen LogP contribution >= 0.6 is 0 Å². The molecule has 2 aliphatic heterocycles. The number of morpholine rings is 1. The van der Waals surface area contributed by atoms with Gasteiger partial charge in [-0.25, -0.2) is 0 Å². The van der Waals surface area contributed by atoms with E-state index in [1.54, 1.807) is 0 Å². The number of rotatable bonds is 5. The van der Waals surface area contributed by atoms with E-state index in [2.05, 4.69) is 55.3 Å². The molecule has 0 saturated carbocycles. The maximum Gasteiger partial charge on any atom is 0.224 e. The highest BCUT2D eigenvalue weighted by molar-refractivity contribution is 5.81. The molecule has 0 bridgehead atoms. The van der Waals surface area contributed by atoms with Gasteiger partial charge in [-0.15, -0.1) is 0 Å². The zero-order chi connectivity index (χ0) is 20.6. The first-order chi connectivity index (χ1) is 14.1. The molecule has 1 N–H and O–H groups in total. The average molecular weight is 401 g/mol. The van der Waals surface area contributed by atoms with Crippen molar-refractivity contribution in [2.24, 2.45) is 10.9 Å². The molecule has 6 nitrogen and oxygen atoms in total. The number of aliphatic imine (C=N–C) groups is 1. The van der Waals surface area contributed by atoms with Crippen molar-refractivity contribution in [1.29, 1.82) is 0 Å². The highest BCUT2D eigenvalue weighted by atomic mass is 16.5. The molecule has 0 radical (unpaired) electrons. The summed E-state index contributed by atoms with van der Waals surface area (Å²) in [6.07, 6.45) is 2.87. The van der Waals surface area contributed by atoms with Gasteiger partial charge >= 0.3 is 0 Å². The van der Waals surface area contributed by atoms with Gasteiger partial charge in [-0.05, 0) is 43.7 Å². The average Bonchev–Trinajstić information content (AvgIpc) is 2.73. The summed E-state index contributed by atoms with van der Waals surface area (Å²) in [5, 5.41) is 3.39. The normalized spacial score (nSPS) is 23.2. The Hall–Kier alpha value is -2.08. The summed E-state index contributed by atoms with van der Waals surface area (Å²) in [6.45, 7) is 11.8. The molecule has 2 saturated heterocycles. The number of aryl methyl sites for hydroxylation is 1. The zero-order valence-electron chi connectivity index (χ0n) is 18.2. The molecule has 2 fully saturated rings. The number of hydrogen-bond acceptors (Lipinski definition) is 3. The highest BCUT2D eigenvalue weighted by Crippen LogP contribution is 2.25. The molecule has 0 spiro atoms. The van der Waals surface area contributed by atoms with Crippen LogP contribution < -0.4 is 5.32 Å². The van der Waals surface area contributed by atoms with E-state index >= 15 is 0 Å². The number of hydrogen-bond donors (Lipinski definition) is 1. The van der Waals surface area contributed by atoms with Gasteiger partial charge in [-0.3, -0.25) is 9.79 Å². The smallest absolute Gasteiger partial charge is 0.224 e. The van der Waals surface area contributed by atoms with E-state index in [4.69, 9.17) is 9.73 Å². The summed E-state index contributed by atoms with van der Waals surface area (Å²) in [6, 6.07) is 8.40. The molecule has 2 unspecified atom stereocenters. The molecular weight excluding hydrogens is 364 g/mol. The molecule has 29 heavy (non-hydrogen) atoms. The number of nitrogens with zero attached hydrogens (tertiary/aromatic N) is 3. The fourth-order valence-corrected chi connectivity index (χ4v) is 4.24. The number of nitrogens with one attached hydrogen (secondary N) is 1. The van der Waals surface area contributed by atoms with Gasteiger partial charge in [0, 0.05) is 32.6 Å². The second-order valence-corrected chi connectivity index (χ2v) is 8.23. The quantitative estimate of drug-likeness (QED) is 0.610. The minimum absolute atomic E-state index is 0.0466. The van der Waals surface area contributed by atoms with Crippen LogP contribution in [-0.2, 0) is 9.53 Å². The van der Waals surface area contributed by atoms with Crippen molar-refractivity contribution in [2.45, 2.75) is 46.1 Å². The lowest BCUT2D eigenvalue weighted by atomic mass is 10.00. The van der Waals surface area contributed by atoms with E-state index in [1.807, 2.05) is 4.90 Å². The van der Waals surface area contributed by atoms with Gasteiger partial charge in [0.15, 0.2) is 5.96 Å². The van der Waals surface area contributed by atoms with Crippen LogP contribution in [0.1, 0.15) is 50.3 Å². The Morgan fingerprint density at radius 1 is 1.24 bits per heavy atom. The van der Waals surface area contributed by atoms with Crippen LogP contribution in [0.4, 0.5) is 0 Å². The fraction of sp³-hybridized carbons (Fsp3) is 0.652. The number of carbonyl (C=O) groups excluding carboxylic acids is 1. The van der Waals surface area contributed by atoms with Crippen molar-refractivity contribution in [3.63, 3.8) is 0 Å². The Balaban J connectivity index is 1.59. The number of benzene rings is 1. The van der Waals surface area contributed by atoms with Gasteiger partial charge < -0.3 is 19.9 Å². The Bertz CT molecular complexity index is 706. The van der Waals surface area contributed by atoms with Crippen LogP contribution in [0.15, 0.2) is 29.3 Å². The van der Waals surface area contributed by atoms with Gasteiger partial charge in [0.1, 0.15) is 6.10 Å². The van der Waals surface area contributed by atoms with Gasteiger partial charge in [-0.1, -0.05) is 31.2 Å². The number of ether oxygens (including phenoxy) is 1. The van der Waals surface area contributed by atoms with Crippen molar-refractivity contribution in [1.82, 2.24) is 15.1 Å². The number of amides is 1. The lowest BCUT2D eigenvalue weighted by Crippen LogP contribution is -2.48. The van der Waals surface area contributed by atoms with Crippen LogP contribution in [0.2, 0.25) is 0 Å². The van der Waals surface area contributed by atoms with Crippen molar-refractivity contribution in [3.05, 3.63) is 35.4 Å². The summed E-state index contributed by atoms with van der Waals surface area (Å²) in [5.41, 5.74) is 2.49. The fourth-order valence-electron chi connectivity index (χ4n) is 4.24. The number of carbonyl (C=O) groups is 1. The Morgan fingerprint density at radius 3 is 2.83 bits per heavy atom. The SMILES string of the molecule is CCNC(=NCCC(=O)N1CCCC(C)C1)N1CCOC(c2ccccc2C)C1. The third-order valence-corrected chi connectivity index (χ3v) is 5.83. The molecule has 0 aromatic heterocycles. The minimum Gasteiger partial charge on any atom is -0.370 e. The molecule has 3 rings (SSSR count). The first kappa shape index (κ1) is 21.6. The van der Waals surface area contributed by atoms with Gasteiger partial charge in [-0.2, -0.15) is 0 Å². The van der Waals surface area contributed by atoms with E-state index in [-0.39, 0.29) is 12.0 Å².